The van der Waals surface area contributed by atoms with E-state index in [-0.39, 0.29) is 11.7 Å². The Hall–Kier alpha value is -2.93. The molecule has 1 unspecified atom stereocenters. The Labute approximate surface area is 205 Å². The topological polar surface area (TPSA) is 67.6 Å². The van der Waals surface area contributed by atoms with Crippen molar-refractivity contribution in [2.45, 2.75) is 38.5 Å². The molecule has 1 aliphatic carbocycles. The highest BCUT2D eigenvalue weighted by molar-refractivity contribution is 5.80. The van der Waals surface area contributed by atoms with E-state index < -0.39 is 0 Å². The first kappa shape index (κ1) is 23.8. The van der Waals surface area contributed by atoms with E-state index in [1.165, 1.54) is 18.6 Å². The molecule has 3 atom stereocenters. The van der Waals surface area contributed by atoms with Gasteiger partial charge in [0.2, 0.25) is 5.91 Å². The molecule has 186 valence electrons. The van der Waals surface area contributed by atoms with E-state index in [1.807, 2.05) is 24.3 Å². The summed E-state index contributed by atoms with van der Waals surface area (Å²) in [7, 11) is 1.64. The minimum atomic E-state index is -0.295. The van der Waals surface area contributed by atoms with Gasteiger partial charge in [0.1, 0.15) is 11.6 Å². The lowest BCUT2D eigenvalue weighted by Gasteiger charge is -2.46. The van der Waals surface area contributed by atoms with E-state index in [0.29, 0.717) is 35.7 Å². The van der Waals surface area contributed by atoms with Crippen molar-refractivity contribution in [3.05, 3.63) is 59.5 Å². The van der Waals surface area contributed by atoms with E-state index in [2.05, 4.69) is 22.3 Å². The smallest absolute Gasteiger partial charge is 0.224 e. The van der Waals surface area contributed by atoms with Crippen LogP contribution in [0, 0.1) is 23.6 Å². The van der Waals surface area contributed by atoms with Crippen LogP contribution < -0.4 is 10.1 Å². The fourth-order valence-corrected chi connectivity index (χ4v) is 5.84. The molecule has 1 saturated heterocycles. The van der Waals surface area contributed by atoms with Gasteiger partial charge in [-0.1, -0.05) is 24.2 Å². The maximum atomic E-state index is 13.5. The van der Waals surface area contributed by atoms with Gasteiger partial charge in [-0.25, -0.2) is 4.39 Å². The summed E-state index contributed by atoms with van der Waals surface area (Å²) in [4.78, 5) is 15.0. The van der Waals surface area contributed by atoms with E-state index >= 15 is 0 Å². The zero-order chi connectivity index (χ0) is 24.4. The van der Waals surface area contributed by atoms with Crippen LogP contribution in [0.15, 0.2) is 47.0 Å². The predicted molar refractivity (Wildman–Crippen MR) is 133 cm³/mol. The number of carbonyl (C=O) groups is 1. The second kappa shape index (κ2) is 10.4. The maximum absolute atomic E-state index is 13.5. The van der Waals surface area contributed by atoms with Gasteiger partial charge in [0.05, 0.1) is 19.2 Å². The van der Waals surface area contributed by atoms with Crippen molar-refractivity contribution in [1.82, 2.24) is 15.4 Å². The number of piperidine rings is 1. The first-order chi connectivity index (χ1) is 17.0. The Balaban J connectivity index is 1.08. The normalized spacial score (nSPS) is 23.2. The fraction of sp³-hybridized carbons (Fsp3) is 0.500. The largest absolute Gasteiger partial charge is 0.497 e. The van der Waals surface area contributed by atoms with Crippen LogP contribution in [0.5, 0.6) is 5.75 Å². The number of rotatable bonds is 8. The summed E-state index contributed by atoms with van der Waals surface area (Å²) in [6.45, 7) is 6.18. The van der Waals surface area contributed by atoms with Crippen LogP contribution in [0.2, 0.25) is 0 Å². The molecule has 1 aromatic heterocycles. The van der Waals surface area contributed by atoms with Crippen molar-refractivity contribution >= 4 is 16.9 Å². The predicted octanol–water partition coefficient (Wildman–Crippen LogP) is 4.79. The second-order valence-electron chi connectivity index (χ2n) is 10.2. The minimum Gasteiger partial charge on any atom is -0.497 e. The van der Waals surface area contributed by atoms with Gasteiger partial charge in [-0.05, 0) is 79.9 Å². The van der Waals surface area contributed by atoms with Crippen molar-refractivity contribution in [1.29, 1.82) is 0 Å². The summed E-state index contributed by atoms with van der Waals surface area (Å²) in [6.07, 6.45) is 3.68. The van der Waals surface area contributed by atoms with Crippen LogP contribution in [-0.2, 0) is 11.2 Å². The van der Waals surface area contributed by atoms with Gasteiger partial charge in [0.15, 0.2) is 5.58 Å². The SMILES string of the molecule is COc1ccc(CC(=O)NC[C@H]2C(C)C[C@@H]2CN2CCC(c3noc4cc(F)ccc34)CC2)cc1. The second-order valence-corrected chi connectivity index (χ2v) is 10.2. The Bertz CT molecular complexity index is 1150. The first-order valence-corrected chi connectivity index (χ1v) is 12.7. The Morgan fingerprint density at radius 1 is 1.20 bits per heavy atom. The number of hydrogen-bond donors (Lipinski definition) is 1. The third kappa shape index (κ3) is 5.35. The van der Waals surface area contributed by atoms with Gasteiger partial charge in [-0.2, -0.15) is 0 Å². The third-order valence-electron chi connectivity index (χ3n) is 8.00. The molecule has 3 aromatic rings. The zero-order valence-corrected chi connectivity index (χ0v) is 20.5. The molecule has 1 aliphatic heterocycles. The quantitative estimate of drug-likeness (QED) is 0.503. The summed E-state index contributed by atoms with van der Waals surface area (Å²) in [5.74, 6) is 2.73. The molecule has 1 N–H and O–H groups in total. The number of nitrogens with one attached hydrogen (secondary N) is 1. The molecule has 5 rings (SSSR count). The molecule has 0 radical (unpaired) electrons. The van der Waals surface area contributed by atoms with Crippen LogP contribution in [0.25, 0.3) is 11.0 Å². The number of nitrogens with zero attached hydrogens (tertiary/aromatic N) is 2. The van der Waals surface area contributed by atoms with E-state index in [4.69, 9.17) is 9.26 Å². The lowest BCUT2D eigenvalue weighted by Crippen LogP contribution is -2.49. The summed E-state index contributed by atoms with van der Waals surface area (Å²) >= 11 is 0. The Kier molecular flexibility index (Phi) is 7.04. The van der Waals surface area contributed by atoms with Gasteiger partial charge in [-0.15, -0.1) is 0 Å². The highest BCUT2D eigenvalue weighted by Gasteiger charge is 2.39. The molecular formula is C28H34FN3O3. The van der Waals surface area contributed by atoms with Crippen LogP contribution >= 0.6 is 0 Å². The highest BCUT2D eigenvalue weighted by Crippen LogP contribution is 2.41. The lowest BCUT2D eigenvalue weighted by atomic mass is 9.65. The number of ether oxygens (including phenoxy) is 1. The standard InChI is InChI=1S/C28H34FN3O3/c1-18-13-21(25(18)16-30-27(33)14-19-3-6-23(34-2)7-4-19)17-32-11-9-20(10-12-32)28-24-8-5-22(29)15-26(24)35-31-28/h3-8,15,18,20-21,25H,9-14,16-17H2,1-2H3,(H,30,33)/t18?,21-,25+/m1/s1. The van der Waals surface area contributed by atoms with Crippen LogP contribution in [0.1, 0.15) is 43.4 Å². The summed E-state index contributed by atoms with van der Waals surface area (Å²) < 4.78 is 24.0. The summed E-state index contributed by atoms with van der Waals surface area (Å²) in [6, 6.07) is 12.3. The Morgan fingerprint density at radius 2 is 1.97 bits per heavy atom. The molecule has 1 amide bonds. The van der Waals surface area contributed by atoms with Crippen LogP contribution in [0.4, 0.5) is 4.39 Å². The van der Waals surface area contributed by atoms with E-state index in [9.17, 15) is 9.18 Å². The van der Waals surface area contributed by atoms with Crippen LogP contribution in [0.3, 0.4) is 0 Å². The number of halogens is 1. The lowest BCUT2D eigenvalue weighted by molar-refractivity contribution is -0.121. The molecule has 1 saturated carbocycles. The third-order valence-corrected chi connectivity index (χ3v) is 8.00. The van der Waals surface area contributed by atoms with E-state index in [1.54, 1.807) is 13.2 Å². The molecule has 35 heavy (non-hydrogen) atoms. The van der Waals surface area contributed by atoms with Gasteiger partial charge in [-0.3, -0.25) is 4.79 Å². The van der Waals surface area contributed by atoms with Crippen molar-refractivity contribution in [2.24, 2.45) is 17.8 Å². The van der Waals surface area contributed by atoms with E-state index in [0.717, 1.165) is 61.4 Å². The highest BCUT2D eigenvalue weighted by atomic mass is 19.1. The maximum Gasteiger partial charge on any atom is 0.224 e. The van der Waals surface area contributed by atoms with Gasteiger partial charge in [0.25, 0.3) is 0 Å². The number of likely N-dealkylation sites (tertiary alicyclic amines) is 1. The molecular weight excluding hydrogens is 445 g/mol. The van der Waals surface area contributed by atoms with Gasteiger partial charge < -0.3 is 19.5 Å². The first-order valence-electron chi connectivity index (χ1n) is 12.7. The molecule has 2 fully saturated rings. The van der Waals surface area contributed by atoms with Crippen molar-refractivity contribution in [3.8, 4) is 5.75 Å². The number of carbonyl (C=O) groups excluding carboxylic acids is 1. The number of amides is 1. The molecule has 6 nitrogen and oxygen atoms in total. The molecule has 0 bridgehead atoms. The molecule has 7 heteroatoms. The average Bonchev–Trinajstić information content (AvgIpc) is 3.27. The Morgan fingerprint density at radius 3 is 2.69 bits per heavy atom. The number of aromatic nitrogens is 1. The minimum absolute atomic E-state index is 0.0774. The molecule has 2 heterocycles. The summed E-state index contributed by atoms with van der Waals surface area (Å²) in [5.41, 5.74) is 2.49. The number of methoxy groups -OCH3 is 1. The van der Waals surface area contributed by atoms with Crippen molar-refractivity contribution in [3.63, 3.8) is 0 Å². The molecule has 0 spiro atoms. The van der Waals surface area contributed by atoms with Crippen molar-refractivity contribution < 1.29 is 18.4 Å². The molecule has 2 aliphatic rings. The number of hydrogen-bond acceptors (Lipinski definition) is 5. The summed E-state index contributed by atoms with van der Waals surface area (Å²) in [5, 5.41) is 8.37. The zero-order valence-electron chi connectivity index (χ0n) is 20.5. The van der Waals surface area contributed by atoms with Gasteiger partial charge in [0, 0.05) is 30.5 Å². The number of benzene rings is 2. The van der Waals surface area contributed by atoms with Crippen LogP contribution in [-0.4, -0.2) is 49.3 Å². The monoisotopic (exact) mass is 479 g/mol. The van der Waals surface area contributed by atoms with Gasteiger partial charge >= 0.3 is 0 Å². The average molecular weight is 480 g/mol. The molecule has 2 aromatic carbocycles. The number of fused-ring (bicyclic) bond motifs is 1. The fourth-order valence-electron chi connectivity index (χ4n) is 5.84. The van der Waals surface area contributed by atoms with Crippen molar-refractivity contribution in [2.75, 3.05) is 33.3 Å².